The highest BCUT2D eigenvalue weighted by Gasteiger charge is 2.12. The van der Waals surface area contributed by atoms with Gasteiger partial charge in [0.2, 0.25) is 0 Å². The van der Waals surface area contributed by atoms with E-state index in [0.29, 0.717) is 33.6 Å². The predicted molar refractivity (Wildman–Crippen MR) is 129 cm³/mol. The second-order valence-electron chi connectivity index (χ2n) is 7.70. The number of nitrogens with one attached hydrogen (secondary N) is 1. The van der Waals surface area contributed by atoms with E-state index in [0.717, 1.165) is 11.1 Å². The minimum absolute atomic E-state index is 0.142. The molecule has 0 radical (unpaired) electrons. The van der Waals surface area contributed by atoms with Gasteiger partial charge in [0.05, 0.1) is 16.8 Å². The first kappa shape index (κ1) is 24.0. The summed E-state index contributed by atoms with van der Waals surface area (Å²) >= 11 is 6.02. The Morgan fingerprint density at radius 2 is 1.79 bits per heavy atom. The second kappa shape index (κ2) is 11.3. The SMILES string of the molecule is Cc1ccc(C(C)C)cc1OCC(=O)N/N=C/c1ccc(OC(=O)c2ccccc2Cl)cc1. The highest BCUT2D eigenvalue weighted by atomic mass is 35.5. The molecule has 0 aromatic heterocycles. The van der Waals surface area contributed by atoms with E-state index in [1.54, 1.807) is 48.5 Å². The summed E-state index contributed by atoms with van der Waals surface area (Å²) in [5.41, 5.74) is 5.56. The van der Waals surface area contributed by atoms with Gasteiger partial charge in [-0.15, -0.1) is 0 Å². The van der Waals surface area contributed by atoms with E-state index in [-0.39, 0.29) is 12.5 Å². The molecule has 0 heterocycles. The number of benzene rings is 3. The molecule has 3 aromatic carbocycles. The third-order valence-corrected chi connectivity index (χ3v) is 5.15. The summed E-state index contributed by atoms with van der Waals surface area (Å²) in [6.45, 7) is 6.00. The molecule has 170 valence electrons. The van der Waals surface area contributed by atoms with Crippen molar-refractivity contribution < 1.29 is 19.1 Å². The van der Waals surface area contributed by atoms with E-state index in [2.05, 4.69) is 30.4 Å². The number of hydrazone groups is 1. The van der Waals surface area contributed by atoms with Crippen molar-refractivity contribution in [1.82, 2.24) is 5.43 Å². The first-order valence-corrected chi connectivity index (χ1v) is 10.8. The van der Waals surface area contributed by atoms with Crippen molar-refractivity contribution in [2.24, 2.45) is 5.10 Å². The van der Waals surface area contributed by atoms with E-state index in [9.17, 15) is 9.59 Å². The van der Waals surface area contributed by atoms with Crippen LogP contribution in [0.25, 0.3) is 0 Å². The molecule has 33 heavy (non-hydrogen) atoms. The Kier molecular flexibility index (Phi) is 8.22. The summed E-state index contributed by atoms with van der Waals surface area (Å²) in [6.07, 6.45) is 1.49. The Morgan fingerprint density at radius 1 is 1.06 bits per heavy atom. The topological polar surface area (TPSA) is 77.0 Å². The largest absolute Gasteiger partial charge is 0.483 e. The minimum atomic E-state index is -0.538. The first-order chi connectivity index (χ1) is 15.8. The van der Waals surface area contributed by atoms with E-state index in [1.165, 1.54) is 6.21 Å². The fourth-order valence-corrected chi connectivity index (χ4v) is 3.11. The van der Waals surface area contributed by atoms with Crippen LogP contribution in [0.5, 0.6) is 11.5 Å². The van der Waals surface area contributed by atoms with Crippen LogP contribution in [0.15, 0.2) is 71.8 Å². The zero-order valence-electron chi connectivity index (χ0n) is 18.7. The van der Waals surface area contributed by atoms with Crippen molar-refractivity contribution in [2.45, 2.75) is 26.7 Å². The molecule has 7 heteroatoms. The van der Waals surface area contributed by atoms with Crippen LogP contribution < -0.4 is 14.9 Å². The summed E-state index contributed by atoms with van der Waals surface area (Å²) in [6, 6.07) is 19.4. The average Bonchev–Trinajstić information content (AvgIpc) is 2.79. The average molecular weight is 465 g/mol. The molecule has 0 fully saturated rings. The molecule has 0 aliphatic heterocycles. The van der Waals surface area contributed by atoms with Crippen molar-refractivity contribution in [3.63, 3.8) is 0 Å². The van der Waals surface area contributed by atoms with Gasteiger partial charge in [0.15, 0.2) is 6.61 Å². The molecule has 0 unspecified atom stereocenters. The monoisotopic (exact) mass is 464 g/mol. The minimum Gasteiger partial charge on any atom is -0.483 e. The van der Waals surface area contributed by atoms with Gasteiger partial charge in [-0.2, -0.15) is 5.10 Å². The molecule has 1 amide bonds. The van der Waals surface area contributed by atoms with Crippen LogP contribution in [-0.4, -0.2) is 24.7 Å². The molecular weight excluding hydrogens is 440 g/mol. The molecule has 3 aromatic rings. The van der Waals surface area contributed by atoms with Gasteiger partial charge in [0.25, 0.3) is 5.91 Å². The number of aryl methyl sites for hydroxylation is 1. The van der Waals surface area contributed by atoms with Crippen molar-refractivity contribution in [2.75, 3.05) is 6.61 Å². The molecule has 0 saturated heterocycles. The maximum absolute atomic E-state index is 12.2. The quantitative estimate of drug-likeness (QED) is 0.206. The van der Waals surface area contributed by atoms with Crippen molar-refractivity contribution in [1.29, 1.82) is 0 Å². The van der Waals surface area contributed by atoms with Gasteiger partial charge in [0.1, 0.15) is 11.5 Å². The van der Waals surface area contributed by atoms with E-state index in [1.807, 2.05) is 19.1 Å². The van der Waals surface area contributed by atoms with Gasteiger partial charge < -0.3 is 9.47 Å². The van der Waals surface area contributed by atoms with Crippen molar-refractivity contribution >= 4 is 29.7 Å². The number of amides is 1. The number of hydrogen-bond acceptors (Lipinski definition) is 5. The van der Waals surface area contributed by atoms with E-state index >= 15 is 0 Å². The highest BCUT2D eigenvalue weighted by molar-refractivity contribution is 6.33. The van der Waals surface area contributed by atoms with Gasteiger partial charge >= 0.3 is 5.97 Å². The molecule has 0 aliphatic rings. The van der Waals surface area contributed by atoms with Crippen LogP contribution in [-0.2, 0) is 4.79 Å². The number of carbonyl (C=O) groups is 2. The Bertz CT molecular complexity index is 1160. The fourth-order valence-electron chi connectivity index (χ4n) is 2.90. The van der Waals surface area contributed by atoms with Crippen LogP contribution in [0.4, 0.5) is 0 Å². The van der Waals surface area contributed by atoms with Gasteiger partial charge in [-0.1, -0.05) is 49.7 Å². The van der Waals surface area contributed by atoms with E-state index < -0.39 is 5.97 Å². The third kappa shape index (κ3) is 6.92. The van der Waals surface area contributed by atoms with Gasteiger partial charge in [-0.25, -0.2) is 10.2 Å². The number of halogens is 1. The lowest BCUT2D eigenvalue weighted by Crippen LogP contribution is -2.24. The van der Waals surface area contributed by atoms with Crippen LogP contribution in [0, 0.1) is 6.92 Å². The highest BCUT2D eigenvalue weighted by Crippen LogP contribution is 2.24. The predicted octanol–water partition coefficient (Wildman–Crippen LogP) is 5.52. The summed E-state index contributed by atoms with van der Waals surface area (Å²) in [5, 5.41) is 4.27. The molecule has 0 spiro atoms. The van der Waals surface area contributed by atoms with Crippen LogP contribution in [0.3, 0.4) is 0 Å². The zero-order valence-corrected chi connectivity index (χ0v) is 19.4. The lowest BCUT2D eigenvalue weighted by molar-refractivity contribution is -0.123. The summed E-state index contributed by atoms with van der Waals surface area (Å²) in [5.74, 6) is 0.516. The lowest BCUT2D eigenvalue weighted by atomic mass is 10.0. The number of hydrogen-bond donors (Lipinski definition) is 1. The Balaban J connectivity index is 1.49. The molecule has 0 aliphatic carbocycles. The molecule has 1 N–H and O–H groups in total. The van der Waals surface area contributed by atoms with Crippen LogP contribution >= 0.6 is 11.6 Å². The maximum atomic E-state index is 12.2. The summed E-state index contributed by atoms with van der Waals surface area (Å²) < 4.78 is 11.0. The molecule has 0 bridgehead atoms. The summed E-state index contributed by atoms with van der Waals surface area (Å²) in [7, 11) is 0. The molecule has 0 saturated carbocycles. The Labute approximate surface area is 198 Å². The number of ether oxygens (including phenoxy) is 2. The normalized spacial score (nSPS) is 10.9. The summed E-state index contributed by atoms with van der Waals surface area (Å²) in [4.78, 5) is 24.3. The maximum Gasteiger partial charge on any atom is 0.345 e. The first-order valence-electron chi connectivity index (χ1n) is 10.5. The van der Waals surface area contributed by atoms with Gasteiger partial charge in [-0.05, 0) is 72.0 Å². The Hall–Kier alpha value is -3.64. The standard InChI is InChI=1S/C26H25ClN2O4/c1-17(2)20-11-8-18(3)24(14-20)32-16-25(30)29-28-15-19-9-12-21(13-10-19)33-26(31)22-6-4-5-7-23(22)27/h4-15,17H,16H2,1-3H3,(H,29,30)/b28-15+. The number of nitrogens with zero attached hydrogens (tertiary/aromatic N) is 1. The lowest BCUT2D eigenvalue weighted by Gasteiger charge is -2.12. The van der Waals surface area contributed by atoms with Crippen molar-refractivity contribution in [3.8, 4) is 11.5 Å². The zero-order chi connectivity index (χ0) is 23.8. The van der Waals surface area contributed by atoms with E-state index in [4.69, 9.17) is 21.1 Å². The third-order valence-electron chi connectivity index (χ3n) is 4.82. The molecular formula is C26H25ClN2O4. The fraction of sp³-hybridized carbons (Fsp3) is 0.192. The molecule has 6 nitrogen and oxygen atoms in total. The second-order valence-corrected chi connectivity index (χ2v) is 8.11. The van der Waals surface area contributed by atoms with Gasteiger partial charge in [0, 0.05) is 0 Å². The smallest absolute Gasteiger partial charge is 0.345 e. The molecule has 0 atom stereocenters. The van der Waals surface area contributed by atoms with Crippen LogP contribution in [0.2, 0.25) is 5.02 Å². The van der Waals surface area contributed by atoms with Gasteiger partial charge in [-0.3, -0.25) is 4.79 Å². The van der Waals surface area contributed by atoms with Crippen LogP contribution in [0.1, 0.15) is 46.8 Å². The Morgan fingerprint density at radius 3 is 2.48 bits per heavy atom. The number of carbonyl (C=O) groups excluding carboxylic acids is 2. The number of esters is 1. The van der Waals surface area contributed by atoms with Crippen molar-refractivity contribution in [3.05, 3.63) is 94.0 Å². The molecule has 3 rings (SSSR count). The number of rotatable bonds is 8.